The van der Waals surface area contributed by atoms with E-state index in [0.717, 1.165) is 17.1 Å². The van der Waals surface area contributed by atoms with E-state index in [-0.39, 0.29) is 10.8 Å². The van der Waals surface area contributed by atoms with Gasteiger partial charge in [-0.25, -0.2) is 0 Å². The van der Waals surface area contributed by atoms with Crippen LogP contribution >= 0.6 is 11.3 Å². The Labute approximate surface area is 394 Å². The van der Waals surface area contributed by atoms with E-state index in [2.05, 4.69) is 243 Å². The van der Waals surface area contributed by atoms with E-state index in [1.165, 1.54) is 114 Å². The number of fused-ring (bicyclic) bond motifs is 14. The van der Waals surface area contributed by atoms with E-state index in [1.54, 1.807) is 0 Å². The predicted octanol–water partition coefficient (Wildman–Crippen LogP) is 18.1. The van der Waals surface area contributed by atoms with Gasteiger partial charge in [-0.05, 0) is 151 Å². The van der Waals surface area contributed by atoms with Crippen molar-refractivity contribution in [3.63, 3.8) is 0 Å². The third kappa shape index (κ3) is 5.50. The first-order chi connectivity index (χ1) is 32.7. The fourth-order valence-corrected chi connectivity index (χ4v) is 13.1. The number of aromatic nitrogens is 1. The number of hydrogen-bond acceptors (Lipinski definition) is 2. The number of nitrogens with zero attached hydrogens (tertiary/aromatic N) is 2. The molecule has 0 amide bonds. The van der Waals surface area contributed by atoms with Crippen LogP contribution in [0.4, 0.5) is 17.1 Å². The van der Waals surface area contributed by atoms with Gasteiger partial charge < -0.3 is 9.47 Å². The molecular formula is C64H46N2S. The number of rotatable bonds is 5. The largest absolute Gasteiger partial charge is 0.310 e. The molecule has 3 heteroatoms. The van der Waals surface area contributed by atoms with Crippen LogP contribution in [0, 0.1) is 0 Å². The van der Waals surface area contributed by atoms with Gasteiger partial charge in [-0.2, -0.15) is 0 Å². The summed E-state index contributed by atoms with van der Waals surface area (Å²) in [6, 6.07) is 77.5. The van der Waals surface area contributed by atoms with Gasteiger partial charge in [0.15, 0.2) is 0 Å². The van der Waals surface area contributed by atoms with Gasteiger partial charge in [0.2, 0.25) is 0 Å². The van der Waals surface area contributed by atoms with Gasteiger partial charge in [0.25, 0.3) is 0 Å². The number of para-hydroxylation sites is 2. The molecule has 2 aliphatic rings. The van der Waals surface area contributed by atoms with E-state index in [4.69, 9.17) is 0 Å². The van der Waals surface area contributed by atoms with Crippen molar-refractivity contribution in [3.8, 4) is 39.1 Å². The molecule has 12 aromatic rings. The van der Waals surface area contributed by atoms with Crippen molar-refractivity contribution in [1.29, 1.82) is 0 Å². The van der Waals surface area contributed by atoms with E-state index in [9.17, 15) is 0 Å². The van der Waals surface area contributed by atoms with Crippen LogP contribution in [0.5, 0.6) is 0 Å². The minimum absolute atomic E-state index is 0.0565. The summed E-state index contributed by atoms with van der Waals surface area (Å²) in [4.78, 5) is 2.42. The Kier molecular flexibility index (Phi) is 8.00. The highest BCUT2D eigenvalue weighted by atomic mass is 32.1. The first-order valence-corrected chi connectivity index (χ1v) is 24.3. The van der Waals surface area contributed by atoms with E-state index < -0.39 is 0 Å². The molecule has 0 atom stereocenters. The van der Waals surface area contributed by atoms with Gasteiger partial charge in [0.1, 0.15) is 0 Å². The molecule has 2 heterocycles. The predicted molar refractivity (Wildman–Crippen MR) is 286 cm³/mol. The number of anilines is 3. The van der Waals surface area contributed by atoms with Crippen LogP contribution in [-0.4, -0.2) is 4.57 Å². The Morgan fingerprint density at radius 1 is 0.373 bits per heavy atom. The van der Waals surface area contributed by atoms with Crippen LogP contribution in [0.25, 0.3) is 91.8 Å². The number of thiophene rings is 1. The van der Waals surface area contributed by atoms with Gasteiger partial charge in [0, 0.05) is 64.5 Å². The van der Waals surface area contributed by atoms with Crippen LogP contribution in [0.2, 0.25) is 0 Å². The Hall–Kier alpha value is -7.72. The minimum atomic E-state index is -0.217. The summed E-state index contributed by atoms with van der Waals surface area (Å²) in [7, 11) is 0. The van der Waals surface area contributed by atoms with Crippen LogP contribution in [0.1, 0.15) is 49.9 Å². The van der Waals surface area contributed by atoms with Crippen molar-refractivity contribution in [3.05, 3.63) is 229 Å². The lowest BCUT2D eigenvalue weighted by molar-refractivity contribution is 0.660. The summed E-state index contributed by atoms with van der Waals surface area (Å²) in [6.07, 6.45) is 0. The Balaban J connectivity index is 0.899. The van der Waals surface area contributed by atoms with Crippen LogP contribution in [0.3, 0.4) is 0 Å². The highest BCUT2D eigenvalue weighted by Gasteiger charge is 2.38. The quantitative estimate of drug-likeness (QED) is 0.167. The van der Waals surface area contributed by atoms with Crippen molar-refractivity contribution in [2.75, 3.05) is 4.90 Å². The number of benzene rings is 10. The summed E-state index contributed by atoms with van der Waals surface area (Å²) in [5.74, 6) is 0. The smallest absolute Gasteiger partial charge is 0.0547 e. The molecule has 2 aromatic heterocycles. The monoisotopic (exact) mass is 874 g/mol. The molecule has 14 rings (SSSR count). The minimum Gasteiger partial charge on any atom is -0.310 e. The molecule has 0 saturated heterocycles. The van der Waals surface area contributed by atoms with Gasteiger partial charge in [-0.15, -0.1) is 11.3 Å². The first kappa shape index (κ1) is 38.5. The summed E-state index contributed by atoms with van der Waals surface area (Å²) in [5.41, 5.74) is 20.2. The van der Waals surface area contributed by atoms with Gasteiger partial charge in [-0.3, -0.25) is 0 Å². The highest BCUT2D eigenvalue weighted by Crippen LogP contribution is 2.54. The molecule has 0 N–H and O–H groups in total. The van der Waals surface area contributed by atoms with Crippen molar-refractivity contribution in [2.45, 2.75) is 38.5 Å². The lowest BCUT2D eigenvalue weighted by Crippen LogP contribution is -2.16. The zero-order valence-electron chi connectivity index (χ0n) is 37.9. The van der Waals surface area contributed by atoms with Crippen molar-refractivity contribution >= 4 is 81.1 Å². The molecular weight excluding hydrogens is 829 g/mol. The first-order valence-electron chi connectivity index (χ1n) is 23.5. The number of hydrogen-bond donors (Lipinski definition) is 0. The second-order valence-corrected chi connectivity index (χ2v) is 20.8. The second-order valence-electron chi connectivity index (χ2n) is 19.7. The average molecular weight is 875 g/mol. The maximum Gasteiger partial charge on any atom is 0.0547 e. The van der Waals surface area contributed by atoms with Crippen LogP contribution < -0.4 is 4.90 Å². The molecule has 0 aliphatic heterocycles. The Morgan fingerprint density at radius 3 is 1.87 bits per heavy atom. The van der Waals surface area contributed by atoms with E-state index in [1.807, 2.05) is 11.3 Å². The molecule has 2 nitrogen and oxygen atoms in total. The lowest BCUT2D eigenvalue weighted by Gasteiger charge is -2.28. The van der Waals surface area contributed by atoms with Crippen LogP contribution in [0.15, 0.2) is 206 Å². The van der Waals surface area contributed by atoms with Crippen molar-refractivity contribution in [1.82, 2.24) is 4.57 Å². The SMILES string of the molecule is CC1(C)c2cc(-c3ccc4c(c3)c3cc5c6c(ccc5cc3n4-c3ccccc3)C(C)(C)c3ccccc3-6)ccc2-c2ccc(N(c3ccccc3)c3ccc4c(c3)sc3ccccc34)cc21. The molecule has 10 aromatic carbocycles. The maximum atomic E-state index is 2.49. The highest BCUT2D eigenvalue weighted by molar-refractivity contribution is 7.25. The molecule has 0 unspecified atom stereocenters. The second kappa shape index (κ2) is 13.9. The molecule has 0 saturated carbocycles. The summed E-state index contributed by atoms with van der Waals surface area (Å²) in [6.45, 7) is 9.55. The third-order valence-electron chi connectivity index (χ3n) is 15.3. The van der Waals surface area contributed by atoms with E-state index >= 15 is 0 Å². The normalized spacial score (nSPS) is 14.2. The third-order valence-corrected chi connectivity index (χ3v) is 16.5. The maximum absolute atomic E-state index is 2.49. The molecule has 67 heavy (non-hydrogen) atoms. The molecule has 2 aliphatic carbocycles. The zero-order valence-corrected chi connectivity index (χ0v) is 38.7. The van der Waals surface area contributed by atoms with E-state index in [0.29, 0.717) is 0 Å². The van der Waals surface area contributed by atoms with Crippen molar-refractivity contribution in [2.24, 2.45) is 0 Å². The molecule has 0 spiro atoms. The fraction of sp³-hybridized carbons (Fsp3) is 0.0938. The molecule has 318 valence electrons. The molecule has 0 fully saturated rings. The standard InChI is InChI=1S/C64H46N2S/c1-63(2)54-21-13-11-20-50(54)62-51-38-53-52-33-39(25-32-58(52)66(43-17-9-6-10-18-43)59(53)35-41(51)24-31-55(62)63)40-23-28-46-47-29-26-44(36-57(47)64(3,4)56(46)34-40)65(42-15-7-5-8-16-42)45-27-30-49-48-19-12-14-22-60(48)67-61(49)37-45/h5-38H,1-4H3. The molecule has 0 bridgehead atoms. The molecule has 0 radical (unpaired) electrons. The zero-order chi connectivity index (χ0) is 44.8. The van der Waals surface area contributed by atoms with Crippen LogP contribution in [-0.2, 0) is 10.8 Å². The van der Waals surface area contributed by atoms with Gasteiger partial charge >= 0.3 is 0 Å². The Morgan fingerprint density at radius 2 is 1.01 bits per heavy atom. The van der Waals surface area contributed by atoms with Gasteiger partial charge in [0.05, 0.1) is 11.0 Å². The van der Waals surface area contributed by atoms with Gasteiger partial charge in [-0.1, -0.05) is 149 Å². The summed E-state index contributed by atoms with van der Waals surface area (Å²) in [5, 5.41) is 7.77. The Bertz CT molecular complexity index is 4040. The topological polar surface area (TPSA) is 8.17 Å². The fourth-order valence-electron chi connectivity index (χ4n) is 12.0. The lowest BCUT2D eigenvalue weighted by atomic mass is 9.81. The summed E-state index contributed by atoms with van der Waals surface area (Å²) < 4.78 is 5.08. The average Bonchev–Trinajstić information content (AvgIpc) is 4.03. The van der Waals surface area contributed by atoms with Crippen molar-refractivity contribution < 1.29 is 0 Å². The summed E-state index contributed by atoms with van der Waals surface area (Å²) >= 11 is 1.87.